The Hall–Kier alpha value is -3.81. The Morgan fingerprint density at radius 1 is 1.13 bits per heavy atom. The van der Waals surface area contributed by atoms with Gasteiger partial charge in [0.05, 0.1) is 12.8 Å². The number of aromatic nitrogens is 3. The minimum absolute atomic E-state index is 0.0958. The van der Waals surface area contributed by atoms with Crippen molar-refractivity contribution in [2.75, 3.05) is 13.2 Å². The number of carbonyl (C=O) groups excluding carboxylic acids is 1. The van der Waals surface area contributed by atoms with Crippen LogP contribution >= 0.6 is 0 Å². The third-order valence-electron chi connectivity index (χ3n) is 5.26. The van der Waals surface area contributed by atoms with Crippen molar-refractivity contribution in [3.8, 4) is 17.3 Å². The lowest BCUT2D eigenvalue weighted by Crippen LogP contribution is -2.34. The molecule has 0 bridgehead atoms. The van der Waals surface area contributed by atoms with Crippen molar-refractivity contribution >= 4 is 16.7 Å². The monoisotopic (exact) mass is 418 g/mol. The molecule has 8 heteroatoms. The van der Waals surface area contributed by atoms with Gasteiger partial charge in [0.25, 0.3) is 5.91 Å². The molecule has 0 radical (unpaired) electrons. The van der Waals surface area contributed by atoms with E-state index in [0.717, 1.165) is 23.6 Å². The summed E-state index contributed by atoms with van der Waals surface area (Å²) in [6.45, 7) is 0.453. The second-order valence-corrected chi connectivity index (χ2v) is 7.56. The molecular formula is C23H22N4O4. The zero-order chi connectivity index (χ0) is 21.2. The molecule has 0 unspecified atom stereocenters. The summed E-state index contributed by atoms with van der Waals surface area (Å²) in [6.07, 6.45) is 3.48. The van der Waals surface area contributed by atoms with Crippen LogP contribution in [0.1, 0.15) is 18.9 Å². The number of rotatable bonds is 8. The second kappa shape index (κ2) is 8.14. The number of nitrogens with one attached hydrogen (secondary N) is 1. The zero-order valence-electron chi connectivity index (χ0n) is 16.9. The van der Waals surface area contributed by atoms with Crippen LogP contribution in [0.5, 0.6) is 5.75 Å². The van der Waals surface area contributed by atoms with Crippen molar-refractivity contribution in [2.45, 2.75) is 25.4 Å². The molecule has 5 rings (SSSR count). The molecule has 1 N–H and O–H groups in total. The third-order valence-corrected chi connectivity index (χ3v) is 5.26. The molecule has 1 fully saturated rings. The van der Waals surface area contributed by atoms with Gasteiger partial charge in [-0.05, 0) is 47.9 Å². The number of carbonyl (C=O) groups is 1. The van der Waals surface area contributed by atoms with Gasteiger partial charge in [0, 0.05) is 12.6 Å². The number of benzene rings is 2. The molecule has 8 nitrogen and oxygen atoms in total. The van der Waals surface area contributed by atoms with Crippen molar-refractivity contribution in [2.24, 2.45) is 0 Å². The van der Waals surface area contributed by atoms with Crippen molar-refractivity contribution < 1.29 is 13.9 Å². The van der Waals surface area contributed by atoms with Crippen LogP contribution in [0.2, 0.25) is 0 Å². The first kappa shape index (κ1) is 19.2. The quantitative estimate of drug-likeness (QED) is 0.475. The molecule has 158 valence electrons. The highest BCUT2D eigenvalue weighted by atomic mass is 16.5. The van der Waals surface area contributed by atoms with Crippen LogP contribution in [0.15, 0.2) is 70.1 Å². The molecule has 2 heterocycles. The number of amides is 1. The van der Waals surface area contributed by atoms with Gasteiger partial charge in [-0.3, -0.25) is 9.36 Å². The van der Waals surface area contributed by atoms with Gasteiger partial charge in [0.15, 0.2) is 12.4 Å². The van der Waals surface area contributed by atoms with Crippen LogP contribution in [0.25, 0.3) is 22.4 Å². The average molecular weight is 418 g/mol. The molecular weight excluding hydrogens is 396 g/mol. The minimum Gasteiger partial charge on any atom is -0.484 e. The molecule has 0 saturated heterocycles. The van der Waals surface area contributed by atoms with E-state index in [9.17, 15) is 9.59 Å². The fourth-order valence-corrected chi connectivity index (χ4v) is 3.56. The molecule has 1 amide bonds. The van der Waals surface area contributed by atoms with Gasteiger partial charge in [0.1, 0.15) is 5.75 Å². The van der Waals surface area contributed by atoms with Gasteiger partial charge >= 0.3 is 5.69 Å². The topological polar surface area (TPSA) is 91.3 Å². The smallest absolute Gasteiger partial charge is 0.346 e. The van der Waals surface area contributed by atoms with Gasteiger partial charge in [0.2, 0.25) is 5.82 Å². The Balaban J connectivity index is 1.18. The van der Waals surface area contributed by atoms with Gasteiger partial charge in [-0.25, -0.2) is 9.48 Å². The molecule has 0 atom stereocenters. The Kier molecular flexibility index (Phi) is 5.03. The van der Waals surface area contributed by atoms with E-state index < -0.39 is 0 Å². The van der Waals surface area contributed by atoms with E-state index in [2.05, 4.69) is 10.4 Å². The summed E-state index contributed by atoms with van der Waals surface area (Å²) in [7, 11) is 0. The first-order chi connectivity index (χ1) is 15.2. The molecule has 2 aromatic heterocycles. The molecule has 0 aliphatic heterocycles. The zero-order valence-corrected chi connectivity index (χ0v) is 16.9. The number of ether oxygens (including phenoxy) is 1. The largest absolute Gasteiger partial charge is 0.484 e. The van der Waals surface area contributed by atoms with Crippen LogP contribution in [0.4, 0.5) is 0 Å². The van der Waals surface area contributed by atoms with Crippen molar-refractivity contribution in [1.82, 2.24) is 19.7 Å². The first-order valence-electron chi connectivity index (χ1n) is 10.3. The predicted molar refractivity (Wildman–Crippen MR) is 115 cm³/mol. The van der Waals surface area contributed by atoms with Crippen LogP contribution in [-0.4, -0.2) is 33.4 Å². The Morgan fingerprint density at radius 3 is 2.74 bits per heavy atom. The normalized spacial score (nSPS) is 13.4. The summed E-state index contributed by atoms with van der Waals surface area (Å²) in [5, 5.41) is 9.37. The minimum atomic E-state index is -0.255. The summed E-state index contributed by atoms with van der Waals surface area (Å²) >= 11 is 0. The van der Waals surface area contributed by atoms with E-state index in [1.807, 2.05) is 42.5 Å². The second-order valence-electron chi connectivity index (χ2n) is 7.56. The fourth-order valence-electron chi connectivity index (χ4n) is 3.56. The maximum atomic E-state index is 12.7. The number of furan rings is 1. The molecule has 1 aliphatic carbocycles. The lowest BCUT2D eigenvalue weighted by molar-refractivity contribution is -0.123. The number of fused-ring (bicyclic) bond motifs is 1. The van der Waals surface area contributed by atoms with Crippen LogP contribution in [0.3, 0.4) is 0 Å². The van der Waals surface area contributed by atoms with Crippen LogP contribution < -0.4 is 15.7 Å². The third kappa shape index (κ3) is 4.09. The highest BCUT2D eigenvalue weighted by Crippen LogP contribution is 2.36. The van der Waals surface area contributed by atoms with E-state index in [1.54, 1.807) is 23.0 Å². The predicted octanol–water partition coefficient (Wildman–Crippen LogP) is 2.99. The van der Waals surface area contributed by atoms with Gasteiger partial charge in [-0.1, -0.05) is 30.3 Å². The Morgan fingerprint density at radius 2 is 1.97 bits per heavy atom. The van der Waals surface area contributed by atoms with E-state index in [4.69, 9.17) is 9.15 Å². The van der Waals surface area contributed by atoms with Crippen molar-refractivity contribution in [3.63, 3.8) is 0 Å². The van der Waals surface area contributed by atoms with E-state index in [0.29, 0.717) is 17.3 Å². The number of hydrogen-bond donors (Lipinski definition) is 1. The molecule has 1 saturated carbocycles. The highest BCUT2D eigenvalue weighted by Gasteiger charge is 2.31. The summed E-state index contributed by atoms with van der Waals surface area (Å²) in [5.41, 5.74) is -0.185. The summed E-state index contributed by atoms with van der Waals surface area (Å²) < 4.78 is 14.1. The number of nitrogens with zero attached hydrogens (tertiary/aromatic N) is 3. The van der Waals surface area contributed by atoms with Gasteiger partial charge in [-0.2, -0.15) is 0 Å². The van der Waals surface area contributed by atoms with Gasteiger partial charge in [-0.15, -0.1) is 5.10 Å². The maximum absolute atomic E-state index is 12.7. The van der Waals surface area contributed by atoms with E-state index >= 15 is 0 Å². The van der Waals surface area contributed by atoms with Crippen molar-refractivity contribution in [3.05, 3.63) is 71.3 Å². The fraction of sp³-hybridized carbons (Fsp3) is 0.261. The average Bonchev–Trinajstić information content (AvgIpc) is 3.36. The summed E-state index contributed by atoms with van der Waals surface area (Å²) in [5.74, 6) is 1.48. The van der Waals surface area contributed by atoms with Crippen LogP contribution in [-0.2, 0) is 11.3 Å². The van der Waals surface area contributed by atoms with Crippen LogP contribution in [0, 0.1) is 0 Å². The standard InChI is InChI=1S/C23H22N4O4/c28-21(15-31-19-10-7-16-4-1-2-5-17(16)14-19)24-11-12-26-23(29)27(18-8-9-18)22(25-26)20-6-3-13-30-20/h1-7,10,13-14,18H,8-9,11-12,15H2,(H,24,28). The lowest BCUT2D eigenvalue weighted by Gasteiger charge is -2.08. The number of hydrogen-bond acceptors (Lipinski definition) is 5. The summed E-state index contributed by atoms with van der Waals surface area (Å²) in [6, 6.07) is 17.4. The Bertz CT molecular complexity index is 1270. The summed E-state index contributed by atoms with van der Waals surface area (Å²) in [4.78, 5) is 24.9. The first-order valence-corrected chi connectivity index (χ1v) is 10.3. The lowest BCUT2D eigenvalue weighted by atomic mass is 10.1. The molecule has 4 aromatic rings. The highest BCUT2D eigenvalue weighted by molar-refractivity contribution is 5.84. The van der Waals surface area contributed by atoms with E-state index in [-0.39, 0.29) is 37.3 Å². The molecule has 0 spiro atoms. The van der Waals surface area contributed by atoms with Crippen molar-refractivity contribution in [1.29, 1.82) is 0 Å². The molecule has 2 aromatic carbocycles. The SMILES string of the molecule is O=C(COc1ccc2ccccc2c1)NCCn1nc(-c2ccco2)n(C2CC2)c1=O. The molecule has 1 aliphatic rings. The van der Waals surface area contributed by atoms with E-state index in [1.165, 1.54) is 4.68 Å². The maximum Gasteiger partial charge on any atom is 0.346 e. The Labute approximate surface area is 178 Å². The molecule has 31 heavy (non-hydrogen) atoms. The van der Waals surface area contributed by atoms with Gasteiger partial charge < -0.3 is 14.5 Å².